The van der Waals surface area contributed by atoms with E-state index in [0.717, 1.165) is 17.7 Å². The number of amides is 1. The van der Waals surface area contributed by atoms with Crippen LogP contribution >= 0.6 is 11.3 Å². The molecule has 3 heterocycles. The van der Waals surface area contributed by atoms with E-state index in [1.807, 2.05) is 55.5 Å². The first-order valence-corrected chi connectivity index (χ1v) is 12.2. The second-order valence-corrected chi connectivity index (χ2v) is 8.86. The lowest BCUT2D eigenvalue weighted by Crippen LogP contribution is -2.41. The number of H-pyrrole nitrogens is 1. The van der Waals surface area contributed by atoms with Crippen molar-refractivity contribution in [3.05, 3.63) is 92.2 Å². The highest BCUT2D eigenvalue weighted by atomic mass is 32.1. The average molecular weight is 491 g/mol. The van der Waals surface area contributed by atoms with Crippen molar-refractivity contribution in [3.8, 4) is 10.7 Å². The maximum absolute atomic E-state index is 13.6. The zero-order valence-electron chi connectivity index (χ0n) is 19.3. The highest BCUT2D eigenvalue weighted by Gasteiger charge is 2.25. The van der Waals surface area contributed by atoms with Crippen LogP contribution in [0, 0.1) is 0 Å². The van der Waals surface area contributed by atoms with Crippen LogP contribution in [-0.2, 0) is 24.3 Å². The number of thiazole rings is 1. The molecule has 4 rings (SSSR count). The number of nitrogens with zero attached hydrogens (tertiary/aromatic N) is 4. The van der Waals surface area contributed by atoms with Crippen molar-refractivity contribution >= 4 is 28.7 Å². The standard InChI is InChI=1S/C25H26N6O3S/c1-2-3-13-30-22(26)21(23(33)29-25(30)34)31(15-17-9-5-4-6-10-17)20(32)14-18-16-35-24(28-18)19-11-7-8-12-27-19/h4-12,16H,2-3,13-15,26H2,1H3,(H,29,33,34). The Labute approximate surface area is 205 Å². The Bertz CT molecular complexity index is 1410. The third-order valence-corrected chi connectivity index (χ3v) is 6.39. The van der Waals surface area contributed by atoms with E-state index in [4.69, 9.17) is 5.73 Å². The van der Waals surface area contributed by atoms with Crippen molar-refractivity contribution in [2.24, 2.45) is 0 Å². The van der Waals surface area contributed by atoms with Crippen LogP contribution in [0.15, 0.2) is 69.7 Å². The van der Waals surface area contributed by atoms with Crippen LogP contribution in [0.4, 0.5) is 11.5 Å². The summed E-state index contributed by atoms with van der Waals surface area (Å²) in [7, 11) is 0. The lowest BCUT2D eigenvalue weighted by Gasteiger charge is -2.24. The smallest absolute Gasteiger partial charge is 0.330 e. The number of aromatic amines is 1. The molecule has 9 nitrogen and oxygen atoms in total. The molecule has 180 valence electrons. The molecule has 10 heteroatoms. The van der Waals surface area contributed by atoms with E-state index in [0.29, 0.717) is 23.7 Å². The molecule has 0 bridgehead atoms. The molecule has 0 saturated carbocycles. The van der Waals surface area contributed by atoms with E-state index in [1.165, 1.54) is 20.8 Å². The number of carbonyl (C=O) groups is 1. The molecule has 4 aromatic rings. The lowest BCUT2D eigenvalue weighted by atomic mass is 10.2. The van der Waals surface area contributed by atoms with Gasteiger partial charge in [0.15, 0.2) is 5.69 Å². The third kappa shape index (κ3) is 5.55. The van der Waals surface area contributed by atoms with Crippen molar-refractivity contribution < 1.29 is 4.79 Å². The Hall–Kier alpha value is -4.05. The van der Waals surface area contributed by atoms with E-state index < -0.39 is 11.2 Å². The van der Waals surface area contributed by atoms with Crippen molar-refractivity contribution in [1.82, 2.24) is 19.5 Å². The number of benzene rings is 1. The van der Waals surface area contributed by atoms with E-state index in [9.17, 15) is 14.4 Å². The van der Waals surface area contributed by atoms with E-state index in [2.05, 4.69) is 15.0 Å². The van der Waals surface area contributed by atoms with Crippen molar-refractivity contribution in [2.75, 3.05) is 10.6 Å². The van der Waals surface area contributed by atoms with Crippen LogP contribution in [0.1, 0.15) is 31.0 Å². The fourth-order valence-corrected chi connectivity index (χ4v) is 4.47. The fourth-order valence-electron chi connectivity index (χ4n) is 3.68. The van der Waals surface area contributed by atoms with Crippen molar-refractivity contribution in [1.29, 1.82) is 0 Å². The maximum Gasteiger partial charge on any atom is 0.330 e. The summed E-state index contributed by atoms with van der Waals surface area (Å²) < 4.78 is 1.31. The highest BCUT2D eigenvalue weighted by Crippen LogP contribution is 2.24. The summed E-state index contributed by atoms with van der Waals surface area (Å²) in [6, 6.07) is 14.9. The Balaban J connectivity index is 1.70. The Morgan fingerprint density at radius 3 is 2.63 bits per heavy atom. The number of unbranched alkanes of at least 4 members (excludes halogenated alkanes) is 1. The van der Waals surface area contributed by atoms with E-state index in [-0.39, 0.29) is 30.4 Å². The Morgan fingerprint density at radius 2 is 1.91 bits per heavy atom. The molecule has 0 radical (unpaired) electrons. The summed E-state index contributed by atoms with van der Waals surface area (Å²) in [6.07, 6.45) is 3.20. The number of aromatic nitrogens is 4. The van der Waals surface area contributed by atoms with Gasteiger partial charge in [-0.1, -0.05) is 49.7 Å². The molecule has 0 aliphatic heterocycles. The van der Waals surface area contributed by atoms with Gasteiger partial charge in [0.2, 0.25) is 5.91 Å². The van der Waals surface area contributed by atoms with Gasteiger partial charge in [0.1, 0.15) is 10.8 Å². The number of hydrogen-bond acceptors (Lipinski definition) is 7. The quantitative estimate of drug-likeness (QED) is 0.371. The number of nitrogen functional groups attached to an aromatic ring is 1. The molecule has 0 atom stereocenters. The topological polar surface area (TPSA) is 127 Å². The minimum absolute atomic E-state index is 0.0241. The minimum Gasteiger partial charge on any atom is -0.383 e. The molecule has 0 spiro atoms. The van der Waals surface area contributed by atoms with Crippen LogP contribution in [0.3, 0.4) is 0 Å². The van der Waals surface area contributed by atoms with Crippen LogP contribution in [0.2, 0.25) is 0 Å². The highest BCUT2D eigenvalue weighted by molar-refractivity contribution is 7.13. The number of pyridine rings is 1. The average Bonchev–Trinajstić information content (AvgIpc) is 3.33. The molecule has 35 heavy (non-hydrogen) atoms. The second kappa shape index (κ2) is 10.9. The monoisotopic (exact) mass is 490 g/mol. The number of carbonyl (C=O) groups excluding carboxylic acids is 1. The van der Waals surface area contributed by atoms with Gasteiger partial charge in [-0.3, -0.25) is 29.0 Å². The molecular formula is C25H26N6O3S. The summed E-state index contributed by atoms with van der Waals surface area (Å²) in [5, 5.41) is 2.51. The van der Waals surface area contributed by atoms with Gasteiger partial charge >= 0.3 is 5.69 Å². The van der Waals surface area contributed by atoms with Gasteiger partial charge < -0.3 is 5.73 Å². The first kappa shape index (κ1) is 24.1. The van der Waals surface area contributed by atoms with E-state index in [1.54, 1.807) is 11.6 Å². The molecule has 0 fully saturated rings. The van der Waals surface area contributed by atoms with Gasteiger partial charge in [-0.25, -0.2) is 9.78 Å². The largest absolute Gasteiger partial charge is 0.383 e. The van der Waals surface area contributed by atoms with Crippen molar-refractivity contribution in [3.63, 3.8) is 0 Å². The van der Waals surface area contributed by atoms with Crippen LogP contribution < -0.4 is 21.9 Å². The van der Waals surface area contributed by atoms with Crippen LogP contribution in [0.5, 0.6) is 0 Å². The summed E-state index contributed by atoms with van der Waals surface area (Å²) >= 11 is 1.39. The molecule has 1 aromatic carbocycles. The summed E-state index contributed by atoms with van der Waals surface area (Å²) in [5.74, 6) is -0.381. The number of anilines is 2. The number of rotatable bonds is 9. The zero-order valence-corrected chi connectivity index (χ0v) is 20.1. The predicted molar refractivity (Wildman–Crippen MR) is 137 cm³/mol. The molecule has 0 saturated heterocycles. The molecule has 3 aromatic heterocycles. The zero-order chi connectivity index (χ0) is 24.8. The Morgan fingerprint density at radius 1 is 1.14 bits per heavy atom. The summed E-state index contributed by atoms with van der Waals surface area (Å²) in [5.41, 5.74) is 7.11. The first-order chi connectivity index (χ1) is 17.0. The SMILES string of the molecule is CCCCn1c(N)c(N(Cc2ccccc2)C(=O)Cc2csc(-c3ccccn3)n2)c(=O)[nH]c1=O. The number of nitrogens with two attached hydrogens (primary N) is 1. The summed E-state index contributed by atoms with van der Waals surface area (Å²) in [4.78, 5) is 51.4. The predicted octanol–water partition coefficient (Wildman–Crippen LogP) is 3.21. The van der Waals surface area contributed by atoms with Crippen LogP contribution in [-0.4, -0.2) is 25.4 Å². The normalized spacial score (nSPS) is 10.9. The second-order valence-electron chi connectivity index (χ2n) is 8.00. The van der Waals surface area contributed by atoms with Gasteiger partial charge in [0, 0.05) is 18.1 Å². The number of nitrogens with one attached hydrogen (secondary N) is 1. The van der Waals surface area contributed by atoms with Gasteiger partial charge in [-0.15, -0.1) is 11.3 Å². The molecule has 0 aliphatic rings. The van der Waals surface area contributed by atoms with Crippen LogP contribution in [0.25, 0.3) is 10.7 Å². The van der Waals surface area contributed by atoms with Crippen molar-refractivity contribution in [2.45, 2.75) is 39.3 Å². The number of hydrogen-bond donors (Lipinski definition) is 2. The molecule has 1 amide bonds. The molecular weight excluding hydrogens is 464 g/mol. The van der Waals surface area contributed by atoms with Gasteiger partial charge in [-0.2, -0.15) is 0 Å². The first-order valence-electron chi connectivity index (χ1n) is 11.3. The molecule has 0 aliphatic carbocycles. The van der Waals surface area contributed by atoms with Gasteiger partial charge in [0.05, 0.1) is 24.4 Å². The van der Waals surface area contributed by atoms with Gasteiger partial charge in [0.25, 0.3) is 5.56 Å². The van der Waals surface area contributed by atoms with Gasteiger partial charge in [-0.05, 0) is 24.1 Å². The maximum atomic E-state index is 13.6. The Kier molecular flexibility index (Phi) is 7.51. The summed E-state index contributed by atoms with van der Waals surface area (Å²) in [6.45, 7) is 2.46. The van der Waals surface area contributed by atoms with E-state index >= 15 is 0 Å². The minimum atomic E-state index is -0.697. The third-order valence-electron chi connectivity index (χ3n) is 5.47. The lowest BCUT2D eigenvalue weighted by molar-refractivity contribution is -0.118. The molecule has 3 N–H and O–H groups in total. The molecule has 0 unspecified atom stereocenters. The fraction of sp³-hybridized carbons (Fsp3) is 0.240.